The summed E-state index contributed by atoms with van der Waals surface area (Å²) in [5.74, 6) is 1.75. The van der Waals surface area contributed by atoms with Crippen LogP contribution in [0.25, 0.3) is 0 Å². The molecule has 6 nitrogen and oxygen atoms in total. The topological polar surface area (TPSA) is 62.3 Å². The van der Waals surface area contributed by atoms with Crippen LogP contribution in [0.15, 0.2) is 30.3 Å². The van der Waals surface area contributed by atoms with Crippen LogP contribution in [0.5, 0.6) is 5.88 Å². The second-order valence-electron chi connectivity index (χ2n) is 5.20. The van der Waals surface area contributed by atoms with Gasteiger partial charge in [0.25, 0.3) is 0 Å². The molecule has 0 atom stereocenters. The highest BCUT2D eigenvalue weighted by Crippen LogP contribution is 2.29. The molecule has 1 aliphatic heterocycles. The molecule has 2 aromatic rings. The van der Waals surface area contributed by atoms with Gasteiger partial charge in [-0.2, -0.15) is 9.97 Å². The van der Waals surface area contributed by atoms with Crippen LogP contribution in [0.2, 0.25) is 0 Å². The zero-order valence-electron chi connectivity index (χ0n) is 13.2. The van der Waals surface area contributed by atoms with Gasteiger partial charge in [-0.15, -0.1) is 0 Å². The predicted octanol–water partition coefficient (Wildman–Crippen LogP) is 2.31. The van der Waals surface area contributed by atoms with Crippen LogP contribution in [0.1, 0.15) is 18.1 Å². The van der Waals surface area contributed by atoms with Crippen molar-refractivity contribution in [1.82, 2.24) is 15.3 Å². The largest absolute Gasteiger partial charge is 0.481 e. The highest BCUT2D eigenvalue weighted by Gasteiger charge is 2.21. The summed E-state index contributed by atoms with van der Waals surface area (Å²) in [6.07, 6.45) is 0. The fourth-order valence-corrected chi connectivity index (χ4v) is 2.77. The molecular formula is C16H19N5OS. The number of fused-ring (bicyclic) bond motifs is 1. The van der Waals surface area contributed by atoms with Gasteiger partial charge in [-0.1, -0.05) is 24.3 Å². The number of methoxy groups -OCH3 is 1. The third-order valence-corrected chi connectivity index (χ3v) is 3.87. The van der Waals surface area contributed by atoms with E-state index in [4.69, 9.17) is 17.0 Å². The summed E-state index contributed by atoms with van der Waals surface area (Å²) >= 11 is 5.19. The van der Waals surface area contributed by atoms with Gasteiger partial charge in [-0.05, 0) is 30.3 Å². The summed E-state index contributed by atoms with van der Waals surface area (Å²) < 4.78 is 5.29. The van der Waals surface area contributed by atoms with E-state index >= 15 is 0 Å². The molecule has 0 spiro atoms. The molecule has 0 amide bonds. The Balaban J connectivity index is 1.84. The summed E-state index contributed by atoms with van der Waals surface area (Å²) in [7, 11) is 1.59. The Kier molecular flexibility index (Phi) is 4.57. The van der Waals surface area contributed by atoms with E-state index in [1.54, 1.807) is 7.11 Å². The lowest BCUT2D eigenvalue weighted by atomic mass is 10.1. The molecule has 1 aliphatic rings. The van der Waals surface area contributed by atoms with Gasteiger partial charge in [0.2, 0.25) is 11.8 Å². The van der Waals surface area contributed by atoms with Crippen LogP contribution < -0.4 is 20.3 Å². The molecule has 0 fully saturated rings. The number of aromatic nitrogens is 2. The molecule has 7 heteroatoms. The lowest BCUT2D eigenvalue weighted by Crippen LogP contribution is -2.29. The molecule has 1 aromatic carbocycles. The smallest absolute Gasteiger partial charge is 0.234 e. The first kappa shape index (κ1) is 15.5. The first-order valence-corrected chi connectivity index (χ1v) is 7.90. The van der Waals surface area contributed by atoms with Gasteiger partial charge in [0.1, 0.15) is 5.82 Å². The Labute approximate surface area is 140 Å². The number of ether oxygens (including phenoxy) is 1. The van der Waals surface area contributed by atoms with Gasteiger partial charge in [0, 0.05) is 25.7 Å². The van der Waals surface area contributed by atoms with Crippen molar-refractivity contribution in [3.8, 4) is 5.88 Å². The number of thiocarbonyl (C=S) groups is 1. The van der Waals surface area contributed by atoms with Crippen LogP contribution in [-0.2, 0) is 13.1 Å². The van der Waals surface area contributed by atoms with Crippen molar-refractivity contribution in [2.24, 2.45) is 0 Å². The number of anilines is 2. The highest BCUT2D eigenvalue weighted by molar-refractivity contribution is 7.80. The molecule has 3 rings (SSSR count). The molecule has 0 bridgehead atoms. The second-order valence-corrected chi connectivity index (χ2v) is 5.61. The van der Waals surface area contributed by atoms with E-state index in [0.29, 0.717) is 16.9 Å². The van der Waals surface area contributed by atoms with Crippen LogP contribution >= 0.6 is 12.2 Å². The average Bonchev–Trinajstić information content (AvgIpc) is 2.98. The summed E-state index contributed by atoms with van der Waals surface area (Å²) in [6.45, 7) is 4.37. The third-order valence-electron chi connectivity index (χ3n) is 3.63. The van der Waals surface area contributed by atoms with E-state index in [1.807, 2.05) is 13.0 Å². The van der Waals surface area contributed by atoms with E-state index in [0.717, 1.165) is 25.5 Å². The van der Waals surface area contributed by atoms with Crippen molar-refractivity contribution in [2.45, 2.75) is 20.0 Å². The van der Waals surface area contributed by atoms with Crippen molar-refractivity contribution in [3.63, 3.8) is 0 Å². The van der Waals surface area contributed by atoms with Crippen molar-refractivity contribution < 1.29 is 4.74 Å². The van der Waals surface area contributed by atoms with E-state index in [-0.39, 0.29) is 0 Å². The molecule has 0 unspecified atom stereocenters. The number of rotatable bonds is 4. The maximum atomic E-state index is 5.29. The van der Waals surface area contributed by atoms with Crippen molar-refractivity contribution in [3.05, 3.63) is 41.5 Å². The monoisotopic (exact) mass is 329 g/mol. The summed E-state index contributed by atoms with van der Waals surface area (Å²) in [5, 5.41) is 6.51. The van der Waals surface area contributed by atoms with Gasteiger partial charge in [0.05, 0.1) is 7.11 Å². The summed E-state index contributed by atoms with van der Waals surface area (Å²) in [4.78, 5) is 11.1. The zero-order chi connectivity index (χ0) is 16.2. The van der Waals surface area contributed by atoms with Gasteiger partial charge < -0.3 is 20.3 Å². The summed E-state index contributed by atoms with van der Waals surface area (Å²) in [5.41, 5.74) is 2.64. The Morgan fingerprint density at radius 3 is 2.57 bits per heavy atom. The molecule has 2 N–H and O–H groups in total. The van der Waals surface area contributed by atoms with E-state index < -0.39 is 0 Å². The number of nitrogens with zero attached hydrogens (tertiary/aromatic N) is 3. The van der Waals surface area contributed by atoms with E-state index in [1.165, 1.54) is 11.1 Å². The number of hydrogen-bond donors (Lipinski definition) is 2. The average molecular weight is 329 g/mol. The second kappa shape index (κ2) is 6.78. The molecule has 0 radical (unpaired) electrons. The fourth-order valence-electron chi connectivity index (χ4n) is 2.54. The normalized spacial score (nSPS) is 12.7. The Hall–Kier alpha value is -2.41. The van der Waals surface area contributed by atoms with E-state index in [9.17, 15) is 0 Å². The standard InChI is InChI=1S/C16H19N5OS/c1-3-17-16(23)20-15-18-13(8-14(19-15)22-2)21-9-11-6-4-5-7-12(11)10-21/h4-8H,3,9-10H2,1-2H3,(H2,17,18,19,20,23). The van der Waals surface area contributed by atoms with Crippen LogP contribution in [-0.4, -0.2) is 28.7 Å². The van der Waals surface area contributed by atoms with Gasteiger partial charge >= 0.3 is 0 Å². The molecular weight excluding hydrogens is 310 g/mol. The Bertz CT molecular complexity index is 696. The number of benzene rings is 1. The molecule has 2 heterocycles. The summed E-state index contributed by atoms with van der Waals surface area (Å²) in [6, 6.07) is 10.3. The van der Waals surface area contributed by atoms with E-state index in [2.05, 4.69) is 49.8 Å². The quantitative estimate of drug-likeness (QED) is 0.835. The minimum absolute atomic E-state index is 0.432. The zero-order valence-corrected chi connectivity index (χ0v) is 14.0. The van der Waals surface area contributed by atoms with Crippen molar-refractivity contribution >= 4 is 29.1 Å². The fraction of sp³-hybridized carbons (Fsp3) is 0.312. The van der Waals surface area contributed by atoms with Gasteiger partial charge in [-0.25, -0.2) is 0 Å². The SMILES string of the molecule is CCNC(=S)Nc1nc(OC)cc(N2Cc3ccccc3C2)n1. The predicted molar refractivity (Wildman–Crippen MR) is 94.8 cm³/mol. The minimum Gasteiger partial charge on any atom is -0.481 e. The van der Waals surface area contributed by atoms with Crippen LogP contribution in [0.4, 0.5) is 11.8 Å². The molecule has 0 aliphatic carbocycles. The Morgan fingerprint density at radius 1 is 1.26 bits per heavy atom. The minimum atomic E-state index is 0.432. The van der Waals surface area contributed by atoms with Crippen LogP contribution in [0, 0.1) is 0 Å². The number of nitrogens with one attached hydrogen (secondary N) is 2. The highest BCUT2D eigenvalue weighted by atomic mass is 32.1. The Morgan fingerprint density at radius 2 is 1.96 bits per heavy atom. The lowest BCUT2D eigenvalue weighted by molar-refractivity contribution is 0.397. The molecule has 0 saturated carbocycles. The third kappa shape index (κ3) is 3.50. The number of hydrogen-bond acceptors (Lipinski definition) is 5. The van der Waals surface area contributed by atoms with Crippen LogP contribution in [0.3, 0.4) is 0 Å². The van der Waals surface area contributed by atoms with Crippen molar-refractivity contribution in [1.29, 1.82) is 0 Å². The first-order valence-electron chi connectivity index (χ1n) is 7.49. The maximum Gasteiger partial charge on any atom is 0.234 e. The lowest BCUT2D eigenvalue weighted by Gasteiger charge is -2.18. The molecule has 0 saturated heterocycles. The first-order chi connectivity index (χ1) is 11.2. The molecule has 23 heavy (non-hydrogen) atoms. The maximum absolute atomic E-state index is 5.29. The van der Waals surface area contributed by atoms with Gasteiger partial charge in [-0.3, -0.25) is 0 Å². The molecule has 1 aromatic heterocycles. The van der Waals surface area contributed by atoms with Crippen molar-refractivity contribution in [2.75, 3.05) is 23.9 Å². The van der Waals surface area contributed by atoms with Gasteiger partial charge in [0.15, 0.2) is 5.11 Å². The molecule has 120 valence electrons.